The number of hydrogen-bond acceptors (Lipinski definition) is 5. The van der Waals surface area contributed by atoms with Crippen LogP contribution in [0.15, 0.2) is 5.38 Å². The van der Waals surface area contributed by atoms with Crippen LogP contribution in [0.1, 0.15) is 19.5 Å². The number of nitrogen functional groups attached to an aromatic ring is 1. The molecule has 6 nitrogen and oxygen atoms in total. The van der Waals surface area contributed by atoms with Crippen LogP contribution in [0.25, 0.3) is 0 Å². The second kappa shape index (κ2) is 5.81. The third-order valence-electron chi connectivity index (χ3n) is 2.48. The van der Waals surface area contributed by atoms with Gasteiger partial charge < -0.3 is 16.4 Å². The van der Waals surface area contributed by atoms with E-state index in [2.05, 4.69) is 15.6 Å². The van der Waals surface area contributed by atoms with Crippen molar-refractivity contribution >= 4 is 28.3 Å². The van der Waals surface area contributed by atoms with Gasteiger partial charge in [0.25, 0.3) is 0 Å². The number of nitrogens with one attached hydrogen (secondary N) is 2. The van der Waals surface area contributed by atoms with Crippen molar-refractivity contribution in [3.8, 4) is 0 Å². The Bertz CT molecular complexity index is 442. The molecule has 0 aromatic carbocycles. The molecule has 100 valence electrons. The maximum atomic E-state index is 11.7. The lowest BCUT2D eigenvalue weighted by Crippen LogP contribution is -2.44. The summed E-state index contributed by atoms with van der Waals surface area (Å²) in [7, 11) is 1.57. The predicted molar refractivity (Wildman–Crippen MR) is 71.1 cm³/mol. The van der Waals surface area contributed by atoms with Gasteiger partial charge in [0.15, 0.2) is 5.13 Å². The van der Waals surface area contributed by atoms with Crippen LogP contribution in [0.2, 0.25) is 0 Å². The fourth-order valence-electron chi connectivity index (χ4n) is 1.37. The molecule has 0 unspecified atom stereocenters. The van der Waals surface area contributed by atoms with Gasteiger partial charge in [0.05, 0.1) is 17.5 Å². The average molecular weight is 270 g/mol. The van der Waals surface area contributed by atoms with Crippen molar-refractivity contribution in [1.29, 1.82) is 0 Å². The summed E-state index contributed by atoms with van der Waals surface area (Å²) in [6.45, 7) is 3.82. The molecule has 0 fully saturated rings. The molecular weight excluding hydrogens is 252 g/mol. The Morgan fingerprint density at radius 2 is 2.17 bits per heavy atom. The fourth-order valence-corrected chi connectivity index (χ4v) is 1.93. The molecule has 1 heterocycles. The summed E-state index contributed by atoms with van der Waals surface area (Å²) in [6.07, 6.45) is 0.178. The first-order valence-corrected chi connectivity index (χ1v) is 6.42. The quantitative estimate of drug-likeness (QED) is 0.710. The number of hydrogen-bond donors (Lipinski definition) is 3. The van der Waals surface area contributed by atoms with Crippen LogP contribution in [0.4, 0.5) is 5.13 Å². The number of thiazole rings is 1. The molecule has 1 aromatic rings. The molecule has 1 aromatic heterocycles. The number of aromatic nitrogens is 1. The van der Waals surface area contributed by atoms with Gasteiger partial charge >= 0.3 is 0 Å². The molecule has 0 aliphatic carbocycles. The summed E-state index contributed by atoms with van der Waals surface area (Å²) in [5.74, 6) is -0.280. The zero-order valence-corrected chi connectivity index (χ0v) is 11.6. The van der Waals surface area contributed by atoms with Crippen molar-refractivity contribution in [2.24, 2.45) is 5.41 Å². The lowest BCUT2D eigenvalue weighted by Gasteiger charge is -2.22. The number of nitrogens with two attached hydrogens (primary N) is 1. The third kappa shape index (κ3) is 3.99. The highest BCUT2D eigenvalue weighted by molar-refractivity contribution is 7.13. The van der Waals surface area contributed by atoms with E-state index in [1.807, 2.05) is 0 Å². The van der Waals surface area contributed by atoms with E-state index in [1.165, 1.54) is 11.3 Å². The van der Waals surface area contributed by atoms with Crippen molar-refractivity contribution in [3.05, 3.63) is 11.1 Å². The van der Waals surface area contributed by atoms with E-state index in [1.54, 1.807) is 26.3 Å². The lowest BCUT2D eigenvalue weighted by molar-refractivity contribution is -0.129. The van der Waals surface area contributed by atoms with Crippen LogP contribution < -0.4 is 16.4 Å². The highest BCUT2D eigenvalue weighted by Crippen LogP contribution is 2.14. The molecule has 0 aliphatic heterocycles. The largest absolute Gasteiger partial charge is 0.375 e. The molecule has 0 radical (unpaired) electrons. The van der Waals surface area contributed by atoms with Gasteiger partial charge in [-0.2, -0.15) is 0 Å². The van der Waals surface area contributed by atoms with E-state index in [9.17, 15) is 9.59 Å². The predicted octanol–water partition coefficient (Wildman–Crippen LogP) is 0.156. The van der Waals surface area contributed by atoms with Crippen LogP contribution in [-0.4, -0.2) is 30.4 Å². The van der Waals surface area contributed by atoms with Crippen LogP contribution >= 0.6 is 11.3 Å². The van der Waals surface area contributed by atoms with Gasteiger partial charge in [0.2, 0.25) is 11.8 Å². The highest BCUT2D eigenvalue weighted by atomic mass is 32.1. The normalized spacial score (nSPS) is 11.1. The zero-order valence-electron chi connectivity index (χ0n) is 10.7. The molecule has 2 amide bonds. The smallest absolute Gasteiger partial charge is 0.227 e. The van der Waals surface area contributed by atoms with Gasteiger partial charge in [-0.25, -0.2) is 4.98 Å². The second-order valence-electron chi connectivity index (χ2n) is 4.59. The van der Waals surface area contributed by atoms with E-state index < -0.39 is 5.41 Å². The second-order valence-corrected chi connectivity index (χ2v) is 5.48. The van der Waals surface area contributed by atoms with Gasteiger partial charge in [-0.05, 0) is 13.8 Å². The van der Waals surface area contributed by atoms with Crippen LogP contribution in [0.3, 0.4) is 0 Å². The Hall–Kier alpha value is -1.63. The van der Waals surface area contributed by atoms with Crippen molar-refractivity contribution in [2.45, 2.75) is 20.3 Å². The van der Waals surface area contributed by atoms with Crippen molar-refractivity contribution in [2.75, 3.05) is 19.3 Å². The maximum Gasteiger partial charge on any atom is 0.227 e. The van der Waals surface area contributed by atoms with E-state index >= 15 is 0 Å². The van der Waals surface area contributed by atoms with E-state index in [-0.39, 0.29) is 24.8 Å². The molecule has 7 heteroatoms. The van der Waals surface area contributed by atoms with Gasteiger partial charge in [-0.1, -0.05) is 0 Å². The Labute approximate surface area is 110 Å². The Morgan fingerprint density at radius 3 is 2.67 bits per heavy atom. The number of rotatable bonds is 5. The minimum Gasteiger partial charge on any atom is -0.375 e. The number of anilines is 1. The molecular formula is C11H18N4O2S. The monoisotopic (exact) mass is 270 g/mol. The van der Waals surface area contributed by atoms with Gasteiger partial charge in [0, 0.05) is 19.0 Å². The number of carbonyl (C=O) groups is 2. The Kier molecular flexibility index (Phi) is 4.66. The minimum atomic E-state index is -0.633. The Morgan fingerprint density at radius 1 is 1.50 bits per heavy atom. The molecule has 18 heavy (non-hydrogen) atoms. The van der Waals surface area contributed by atoms with Crippen LogP contribution in [0, 0.1) is 5.41 Å². The van der Waals surface area contributed by atoms with Crippen LogP contribution in [0.5, 0.6) is 0 Å². The van der Waals surface area contributed by atoms with Gasteiger partial charge in [-0.15, -0.1) is 11.3 Å². The standard InChI is InChI=1S/C11H18N4O2S/c1-11(2,9(17)13-3)6-14-8(16)4-7-5-18-10(12)15-7/h5H,4,6H2,1-3H3,(H2,12,15)(H,13,17)(H,14,16). The van der Waals surface area contributed by atoms with E-state index in [0.29, 0.717) is 10.8 Å². The summed E-state index contributed by atoms with van der Waals surface area (Å²) < 4.78 is 0. The number of amides is 2. The average Bonchev–Trinajstić information content (AvgIpc) is 2.71. The van der Waals surface area contributed by atoms with E-state index in [0.717, 1.165) is 0 Å². The molecule has 0 spiro atoms. The molecule has 1 rings (SSSR count). The highest BCUT2D eigenvalue weighted by Gasteiger charge is 2.27. The molecule has 0 saturated heterocycles. The molecule has 0 saturated carbocycles. The summed E-state index contributed by atoms with van der Waals surface area (Å²) in [5, 5.41) is 7.48. The van der Waals surface area contributed by atoms with E-state index in [4.69, 9.17) is 5.73 Å². The lowest BCUT2D eigenvalue weighted by atomic mass is 9.92. The summed E-state index contributed by atoms with van der Waals surface area (Å²) in [5.41, 5.74) is 5.49. The first-order chi connectivity index (χ1) is 8.35. The third-order valence-corrected chi connectivity index (χ3v) is 3.20. The summed E-state index contributed by atoms with van der Waals surface area (Å²) in [4.78, 5) is 27.2. The first-order valence-electron chi connectivity index (χ1n) is 5.54. The molecule has 4 N–H and O–H groups in total. The number of nitrogens with zero attached hydrogens (tertiary/aromatic N) is 1. The SMILES string of the molecule is CNC(=O)C(C)(C)CNC(=O)Cc1csc(N)n1. The summed E-state index contributed by atoms with van der Waals surface area (Å²) >= 11 is 1.30. The first kappa shape index (κ1) is 14.4. The van der Waals surface area contributed by atoms with Gasteiger partial charge in [-0.3, -0.25) is 9.59 Å². The molecule has 0 aliphatic rings. The Balaban J connectivity index is 2.44. The van der Waals surface area contributed by atoms with Crippen molar-refractivity contribution in [1.82, 2.24) is 15.6 Å². The molecule has 0 atom stereocenters. The van der Waals surface area contributed by atoms with Crippen molar-refractivity contribution < 1.29 is 9.59 Å². The fraction of sp³-hybridized carbons (Fsp3) is 0.545. The zero-order chi connectivity index (χ0) is 13.8. The number of carbonyl (C=O) groups excluding carboxylic acids is 2. The summed E-state index contributed by atoms with van der Waals surface area (Å²) in [6, 6.07) is 0. The van der Waals surface area contributed by atoms with Crippen molar-refractivity contribution in [3.63, 3.8) is 0 Å². The van der Waals surface area contributed by atoms with Crippen LogP contribution in [-0.2, 0) is 16.0 Å². The van der Waals surface area contributed by atoms with Gasteiger partial charge in [0.1, 0.15) is 0 Å². The molecule has 0 bridgehead atoms. The topological polar surface area (TPSA) is 97.1 Å². The maximum absolute atomic E-state index is 11.7. The minimum absolute atomic E-state index is 0.110.